The molecule has 0 unspecified atom stereocenters. The van der Waals surface area contributed by atoms with Crippen LogP contribution >= 0.6 is 22.9 Å². The van der Waals surface area contributed by atoms with Crippen LogP contribution in [0.1, 0.15) is 16.1 Å². The summed E-state index contributed by atoms with van der Waals surface area (Å²) in [6.45, 7) is 3.91. The number of halogens is 1. The molecule has 1 aromatic heterocycles. The monoisotopic (exact) mass is 442 g/mol. The molecule has 3 aromatic rings. The van der Waals surface area contributed by atoms with Gasteiger partial charge in [-0.1, -0.05) is 29.8 Å². The topological polar surface area (TPSA) is 57.7 Å². The summed E-state index contributed by atoms with van der Waals surface area (Å²) in [6.07, 6.45) is 0. The van der Waals surface area contributed by atoms with Crippen LogP contribution < -0.4 is 19.9 Å². The van der Waals surface area contributed by atoms with Gasteiger partial charge in [0.25, 0.3) is 5.91 Å². The summed E-state index contributed by atoms with van der Waals surface area (Å²) in [4.78, 5) is 21.6. The van der Waals surface area contributed by atoms with Gasteiger partial charge in [0, 0.05) is 48.8 Å². The number of nitrogens with one attached hydrogen (secondary N) is 1. The van der Waals surface area contributed by atoms with Crippen LogP contribution in [-0.2, 0) is 6.54 Å². The summed E-state index contributed by atoms with van der Waals surface area (Å²) in [6, 6.07) is 15.6. The van der Waals surface area contributed by atoms with E-state index >= 15 is 0 Å². The lowest BCUT2D eigenvalue weighted by atomic mass is 10.2. The Kier molecular flexibility index (Phi) is 6.40. The highest BCUT2D eigenvalue weighted by Gasteiger charge is 2.21. The Morgan fingerprint density at radius 2 is 1.90 bits per heavy atom. The first-order valence-electron chi connectivity index (χ1n) is 9.74. The highest BCUT2D eigenvalue weighted by Crippen LogP contribution is 2.25. The van der Waals surface area contributed by atoms with E-state index in [0.29, 0.717) is 12.2 Å². The predicted octanol–water partition coefficient (Wildman–Crippen LogP) is 4.06. The zero-order valence-corrected chi connectivity index (χ0v) is 18.2. The predicted molar refractivity (Wildman–Crippen MR) is 122 cm³/mol. The molecule has 6 nitrogen and oxygen atoms in total. The molecular formula is C22H23ClN4O2S. The Morgan fingerprint density at radius 1 is 1.13 bits per heavy atom. The van der Waals surface area contributed by atoms with Crippen molar-refractivity contribution in [3.05, 3.63) is 70.2 Å². The van der Waals surface area contributed by atoms with E-state index in [2.05, 4.69) is 26.2 Å². The molecule has 30 heavy (non-hydrogen) atoms. The smallest absolute Gasteiger partial charge is 0.271 e. The van der Waals surface area contributed by atoms with Gasteiger partial charge >= 0.3 is 0 Å². The van der Waals surface area contributed by atoms with Gasteiger partial charge in [-0.05, 0) is 35.9 Å². The Morgan fingerprint density at radius 3 is 2.67 bits per heavy atom. The van der Waals surface area contributed by atoms with Crippen molar-refractivity contribution in [3.63, 3.8) is 0 Å². The van der Waals surface area contributed by atoms with E-state index in [1.54, 1.807) is 7.11 Å². The van der Waals surface area contributed by atoms with Gasteiger partial charge in [0.05, 0.1) is 7.11 Å². The summed E-state index contributed by atoms with van der Waals surface area (Å²) in [5, 5.41) is 6.38. The van der Waals surface area contributed by atoms with Crippen molar-refractivity contribution < 1.29 is 9.53 Å². The first-order valence-corrected chi connectivity index (χ1v) is 11.0. The number of thiazole rings is 1. The maximum Gasteiger partial charge on any atom is 0.271 e. The molecule has 0 bridgehead atoms. The second-order valence-electron chi connectivity index (χ2n) is 7.00. The van der Waals surface area contributed by atoms with Gasteiger partial charge in [0.15, 0.2) is 5.13 Å². The lowest BCUT2D eigenvalue weighted by Gasteiger charge is -2.36. The quantitative estimate of drug-likeness (QED) is 0.623. The Labute approximate surface area is 185 Å². The number of rotatable bonds is 6. The molecule has 1 N–H and O–H groups in total. The fraction of sp³-hybridized carbons (Fsp3) is 0.273. The van der Waals surface area contributed by atoms with E-state index in [9.17, 15) is 4.79 Å². The lowest BCUT2D eigenvalue weighted by Crippen LogP contribution is -2.46. The second kappa shape index (κ2) is 9.36. The zero-order valence-electron chi connectivity index (χ0n) is 16.7. The Hall–Kier alpha value is -2.77. The van der Waals surface area contributed by atoms with Gasteiger partial charge in [-0.2, -0.15) is 0 Å². The third-order valence-electron chi connectivity index (χ3n) is 5.04. The van der Waals surface area contributed by atoms with E-state index in [0.717, 1.165) is 53.3 Å². The molecular weight excluding hydrogens is 420 g/mol. The van der Waals surface area contributed by atoms with Crippen molar-refractivity contribution >= 4 is 39.7 Å². The van der Waals surface area contributed by atoms with Gasteiger partial charge in [0.1, 0.15) is 11.4 Å². The standard InChI is InChI=1S/C22H23ClN4O2S/c1-29-19-7-2-4-16(12-19)14-24-21(28)20-15-30-22(25-20)27-10-8-26(9-11-27)18-6-3-5-17(23)13-18/h2-7,12-13,15H,8-11,14H2,1H3,(H,24,28). The number of hydrogen-bond acceptors (Lipinski definition) is 6. The van der Waals surface area contributed by atoms with Crippen LogP contribution in [0.5, 0.6) is 5.75 Å². The lowest BCUT2D eigenvalue weighted by molar-refractivity contribution is 0.0946. The van der Waals surface area contributed by atoms with E-state index in [-0.39, 0.29) is 5.91 Å². The van der Waals surface area contributed by atoms with E-state index in [4.69, 9.17) is 16.3 Å². The summed E-state index contributed by atoms with van der Waals surface area (Å²) in [7, 11) is 1.63. The average Bonchev–Trinajstić information content (AvgIpc) is 3.28. The molecule has 0 atom stereocenters. The van der Waals surface area contributed by atoms with Crippen LogP contribution in [0.15, 0.2) is 53.9 Å². The molecule has 0 aliphatic carbocycles. The SMILES string of the molecule is COc1cccc(CNC(=O)c2csc(N3CCN(c4cccc(Cl)c4)CC3)n2)c1. The molecule has 2 aromatic carbocycles. The van der Waals surface area contributed by atoms with Gasteiger partial charge in [-0.3, -0.25) is 4.79 Å². The van der Waals surface area contributed by atoms with Gasteiger partial charge in [-0.25, -0.2) is 4.98 Å². The van der Waals surface area contributed by atoms with E-state index < -0.39 is 0 Å². The molecule has 1 aliphatic heterocycles. The minimum Gasteiger partial charge on any atom is -0.497 e. The number of aromatic nitrogens is 1. The first kappa shape index (κ1) is 20.5. The number of carbonyl (C=O) groups is 1. The van der Waals surface area contributed by atoms with Crippen LogP contribution in [0.4, 0.5) is 10.8 Å². The Balaban J connectivity index is 1.32. The molecule has 1 fully saturated rings. The van der Waals surface area contributed by atoms with Crippen molar-refractivity contribution in [1.82, 2.24) is 10.3 Å². The minimum absolute atomic E-state index is 0.169. The summed E-state index contributed by atoms with van der Waals surface area (Å²) < 4.78 is 5.22. The van der Waals surface area contributed by atoms with Crippen molar-refractivity contribution in [2.24, 2.45) is 0 Å². The maximum atomic E-state index is 12.5. The number of carbonyl (C=O) groups excluding carboxylic acids is 1. The van der Waals surface area contributed by atoms with Crippen molar-refractivity contribution in [2.45, 2.75) is 6.54 Å². The maximum absolute atomic E-state index is 12.5. The fourth-order valence-electron chi connectivity index (χ4n) is 3.40. The largest absolute Gasteiger partial charge is 0.497 e. The third kappa shape index (κ3) is 4.86. The molecule has 156 valence electrons. The minimum atomic E-state index is -0.169. The molecule has 1 amide bonds. The van der Waals surface area contributed by atoms with Crippen LogP contribution in [0.3, 0.4) is 0 Å². The van der Waals surface area contributed by atoms with Crippen LogP contribution in [0, 0.1) is 0 Å². The molecule has 0 saturated carbocycles. The normalized spacial score (nSPS) is 13.9. The van der Waals surface area contributed by atoms with Gasteiger partial charge in [-0.15, -0.1) is 11.3 Å². The van der Waals surface area contributed by atoms with Gasteiger partial charge in [0.2, 0.25) is 0 Å². The summed E-state index contributed by atoms with van der Waals surface area (Å²) >= 11 is 7.62. The van der Waals surface area contributed by atoms with Crippen LogP contribution in [0.25, 0.3) is 0 Å². The van der Waals surface area contributed by atoms with Crippen LogP contribution in [0.2, 0.25) is 5.02 Å². The number of anilines is 2. The highest BCUT2D eigenvalue weighted by atomic mass is 35.5. The summed E-state index contributed by atoms with van der Waals surface area (Å²) in [5.74, 6) is 0.604. The van der Waals surface area contributed by atoms with E-state index in [1.807, 2.05) is 47.8 Å². The Bertz CT molecular complexity index is 1020. The molecule has 2 heterocycles. The van der Waals surface area contributed by atoms with Crippen molar-refractivity contribution in [2.75, 3.05) is 43.1 Å². The number of methoxy groups -OCH3 is 1. The van der Waals surface area contributed by atoms with Gasteiger partial charge < -0.3 is 19.9 Å². The second-order valence-corrected chi connectivity index (χ2v) is 8.28. The third-order valence-corrected chi connectivity index (χ3v) is 6.17. The number of benzene rings is 2. The molecule has 1 saturated heterocycles. The fourth-order valence-corrected chi connectivity index (χ4v) is 4.44. The first-order chi connectivity index (χ1) is 14.6. The highest BCUT2D eigenvalue weighted by molar-refractivity contribution is 7.13. The molecule has 4 rings (SSSR count). The molecule has 1 aliphatic rings. The number of hydrogen-bond donors (Lipinski definition) is 1. The van der Waals surface area contributed by atoms with E-state index in [1.165, 1.54) is 11.3 Å². The molecule has 0 spiro atoms. The van der Waals surface area contributed by atoms with Crippen molar-refractivity contribution in [1.29, 1.82) is 0 Å². The van der Waals surface area contributed by atoms with Crippen molar-refractivity contribution in [3.8, 4) is 5.75 Å². The molecule has 8 heteroatoms. The number of amides is 1. The molecule has 0 radical (unpaired) electrons. The number of nitrogens with zero attached hydrogens (tertiary/aromatic N) is 3. The summed E-state index contributed by atoms with van der Waals surface area (Å²) in [5.41, 5.74) is 2.57. The number of piperazine rings is 1. The van der Waals surface area contributed by atoms with Crippen LogP contribution in [-0.4, -0.2) is 44.2 Å². The number of ether oxygens (including phenoxy) is 1. The average molecular weight is 443 g/mol. The zero-order chi connectivity index (χ0) is 20.9.